The summed E-state index contributed by atoms with van der Waals surface area (Å²) in [7, 11) is 0. The first-order chi connectivity index (χ1) is 12.1. The number of halogens is 4. The molecule has 10 heteroatoms. The zero-order chi connectivity index (χ0) is 19.5. The Kier molecular flexibility index (Phi) is 5.91. The van der Waals surface area contributed by atoms with Gasteiger partial charge in [-0.1, -0.05) is 11.6 Å². The standard InChI is InChI=1S/C16H15ClF3N3O3/c1-8(12-6-11(26-9(12)2)3-4-14(24)25)22-23-15-13(17)5-10(7-21-15)16(18,19)20/h5-7H,3-4H2,1-2H3,(H,21,23)(H,24,25)/p-1/b22-8-. The Bertz CT molecular complexity index is 847. The molecule has 0 spiro atoms. The van der Waals surface area contributed by atoms with E-state index < -0.39 is 17.7 Å². The lowest BCUT2D eigenvalue weighted by molar-refractivity contribution is -0.305. The molecule has 0 amide bonds. The minimum absolute atomic E-state index is 0.0302. The zero-order valence-corrected chi connectivity index (χ0v) is 14.5. The molecule has 2 heterocycles. The van der Waals surface area contributed by atoms with Crippen LogP contribution in [0.25, 0.3) is 0 Å². The van der Waals surface area contributed by atoms with Crippen LogP contribution in [0.1, 0.15) is 36.0 Å². The van der Waals surface area contributed by atoms with Gasteiger partial charge in [-0.15, -0.1) is 0 Å². The number of hydrogen-bond donors (Lipinski definition) is 1. The van der Waals surface area contributed by atoms with E-state index in [1.165, 1.54) is 0 Å². The molecular formula is C16H14ClF3N3O3-. The van der Waals surface area contributed by atoms with Crippen molar-refractivity contribution in [1.82, 2.24) is 4.98 Å². The third kappa shape index (κ3) is 4.98. The number of furan rings is 1. The third-order valence-electron chi connectivity index (χ3n) is 3.43. The first-order valence-corrected chi connectivity index (χ1v) is 7.78. The first kappa shape index (κ1) is 19.8. The summed E-state index contributed by atoms with van der Waals surface area (Å²) in [5, 5.41) is 14.3. The molecule has 0 radical (unpaired) electrons. The molecule has 0 unspecified atom stereocenters. The molecular weight excluding hydrogens is 375 g/mol. The quantitative estimate of drug-likeness (QED) is 0.606. The fourth-order valence-electron chi connectivity index (χ4n) is 2.12. The number of alkyl halides is 3. The van der Waals surface area contributed by atoms with Gasteiger partial charge in [-0.3, -0.25) is 5.43 Å². The number of pyridine rings is 1. The van der Waals surface area contributed by atoms with Crippen molar-refractivity contribution in [3.05, 3.63) is 46.0 Å². The van der Waals surface area contributed by atoms with Crippen molar-refractivity contribution in [2.45, 2.75) is 32.9 Å². The maximum absolute atomic E-state index is 12.6. The molecule has 1 N–H and O–H groups in total. The Labute approximate surface area is 151 Å². The van der Waals surface area contributed by atoms with Gasteiger partial charge in [0.15, 0.2) is 5.82 Å². The van der Waals surface area contributed by atoms with E-state index >= 15 is 0 Å². The summed E-state index contributed by atoms with van der Waals surface area (Å²) in [5.74, 6) is -0.233. The molecule has 0 saturated carbocycles. The number of anilines is 1. The number of hydrogen-bond acceptors (Lipinski definition) is 6. The van der Waals surface area contributed by atoms with Crippen LogP contribution in [0.2, 0.25) is 5.02 Å². The Balaban J connectivity index is 2.14. The smallest absolute Gasteiger partial charge is 0.417 e. The van der Waals surface area contributed by atoms with Gasteiger partial charge in [0.25, 0.3) is 0 Å². The maximum Gasteiger partial charge on any atom is 0.417 e. The van der Waals surface area contributed by atoms with Gasteiger partial charge in [-0.25, -0.2) is 4.98 Å². The molecule has 140 valence electrons. The molecule has 0 bridgehead atoms. The summed E-state index contributed by atoms with van der Waals surface area (Å²) in [4.78, 5) is 14.1. The first-order valence-electron chi connectivity index (χ1n) is 7.40. The minimum Gasteiger partial charge on any atom is -0.550 e. The lowest BCUT2D eigenvalue weighted by Crippen LogP contribution is -2.22. The van der Waals surface area contributed by atoms with Crippen LogP contribution in [0.4, 0.5) is 19.0 Å². The van der Waals surface area contributed by atoms with Crippen LogP contribution >= 0.6 is 11.6 Å². The van der Waals surface area contributed by atoms with Crippen molar-refractivity contribution in [2.75, 3.05) is 5.43 Å². The average molecular weight is 389 g/mol. The Morgan fingerprint density at radius 1 is 1.42 bits per heavy atom. The molecule has 6 nitrogen and oxygen atoms in total. The Morgan fingerprint density at radius 3 is 2.69 bits per heavy atom. The van der Waals surface area contributed by atoms with Gasteiger partial charge in [0.1, 0.15) is 11.5 Å². The van der Waals surface area contributed by atoms with E-state index in [4.69, 9.17) is 16.0 Å². The van der Waals surface area contributed by atoms with Gasteiger partial charge in [-0.2, -0.15) is 18.3 Å². The highest BCUT2D eigenvalue weighted by atomic mass is 35.5. The highest BCUT2D eigenvalue weighted by Gasteiger charge is 2.31. The summed E-state index contributed by atoms with van der Waals surface area (Å²) >= 11 is 5.80. The number of aliphatic carboxylic acids is 1. The predicted molar refractivity (Wildman–Crippen MR) is 86.9 cm³/mol. The Hall–Kier alpha value is -2.55. The van der Waals surface area contributed by atoms with Crippen LogP contribution in [-0.4, -0.2) is 16.7 Å². The number of nitrogens with one attached hydrogen (secondary N) is 1. The SMILES string of the molecule is C/C(=N/Nc1ncc(C(F)(F)F)cc1Cl)c1cc(CCC(=O)[O-])oc1C. The Morgan fingerprint density at radius 2 is 2.12 bits per heavy atom. The predicted octanol–water partition coefficient (Wildman–Crippen LogP) is 3.17. The number of aromatic nitrogens is 1. The fraction of sp³-hybridized carbons (Fsp3) is 0.312. The van der Waals surface area contributed by atoms with Crippen LogP contribution in [0.5, 0.6) is 0 Å². The highest BCUT2D eigenvalue weighted by Crippen LogP contribution is 2.32. The summed E-state index contributed by atoms with van der Waals surface area (Å²) in [6.45, 7) is 3.32. The number of carboxylic acids is 1. The van der Waals surface area contributed by atoms with Gasteiger partial charge in [0.2, 0.25) is 0 Å². The summed E-state index contributed by atoms with van der Waals surface area (Å²) in [6.07, 6.45) is -3.88. The van der Waals surface area contributed by atoms with Gasteiger partial charge in [-0.05, 0) is 32.4 Å². The van der Waals surface area contributed by atoms with Crippen molar-refractivity contribution >= 4 is 29.1 Å². The van der Waals surface area contributed by atoms with Crippen LogP contribution in [0, 0.1) is 6.92 Å². The molecule has 0 aliphatic carbocycles. The van der Waals surface area contributed by atoms with E-state index in [-0.39, 0.29) is 23.7 Å². The zero-order valence-electron chi connectivity index (χ0n) is 13.8. The fourth-order valence-corrected chi connectivity index (χ4v) is 2.33. The maximum atomic E-state index is 12.6. The van der Waals surface area contributed by atoms with E-state index in [0.29, 0.717) is 29.0 Å². The number of carboxylic acid groups (broad SMARTS) is 1. The molecule has 0 aromatic carbocycles. The topological polar surface area (TPSA) is 90.5 Å². The van der Waals surface area contributed by atoms with E-state index in [1.54, 1.807) is 19.9 Å². The van der Waals surface area contributed by atoms with Gasteiger partial charge >= 0.3 is 6.18 Å². The van der Waals surface area contributed by atoms with E-state index in [0.717, 1.165) is 6.07 Å². The molecule has 2 aromatic heterocycles. The van der Waals surface area contributed by atoms with Gasteiger partial charge in [0.05, 0.1) is 16.3 Å². The number of carbonyl (C=O) groups is 1. The normalized spacial score (nSPS) is 12.3. The van der Waals surface area contributed by atoms with E-state index in [1.807, 2.05) is 0 Å². The summed E-state index contributed by atoms with van der Waals surface area (Å²) < 4.78 is 43.2. The van der Waals surface area contributed by atoms with Crippen molar-refractivity contribution in [2.24, 2.45) is 5.10 Å². The molecule has 2 rings (SSSR count). The number of nitrogens with zero attached hydrogens (tertiary/aromatic N) is 2. The monoisotopic (exact) mass is 388 g/mol. The second-order valence-corrected chi connectivity index (χ2v) is 5.82. The second kappa shape index (κ2) is 7.77. The van der Waals surface area contributed by atoms with Crippen LogP contribution in [-0.2, 0) is 17.4 Å². The average Bonchev–Trinajstić information content (AvgIpc) is 2.91. The molecule has 0 atom stereocenters. The second-order valence-electron chi connectivity index (χ2n) is 5.42. The number of carbonyl (C=O) groups excluding carboxylic acids is 1. The van der Waals surface area contributed by atoms with Gasteiger partial charge < -0.3 is 14.3 Å². The summed E-state index contributed by atoms with van der Waals surface area (Å²) in [6, 6.07) is 2.39. The van der Waals surface area contributed by atoms with Crippen molar-refractivity contribution in [3.8, 4) is 0 Å². The molecule has 26 heavy (non-hydrogen) atoms. The van der Waals surface area contributed by atoms with Gasteiger partial charge in [0, 0.05) is 24.2 Å². The van der Waals surface area contributed by atoms with Crippen molar-refractivity contribution in [1.29, 1.82) is 0 Å². The molecule has 2 aromatic rings. The molecule has 0 saturated heterocycles. The number of rotatable bonds is 6. The lowest BCUT2D eigenvalue weighted by atomic mass is 10.1. The summed E-state index contributed by atoms with van der Waals surface area (Å²) in [5.41, 5.74) is 2.63. The largest absolute Gasteiger partial charge is 0.550 e. The van der Waals surface area contributed by atoms with Crippen LogP contribution in [0.15, 0.2) is 27.8 Å². The minimum atomic E-state index is -4.54. The molecule has 0 aliphatic rings. The number of hydrazone groups is 1. The van der Waals surface area contributed by atoms with Crippen LogP contribution < -0.4 is 10.5 Å². The van der Waals surface area contributed by atoms with Crippen molar-refractivity contribution in [3.63, 3.8) is 0 Å². The lowest BCUT2D eigenvalue weighted by Gasteiger charge is -2.09. The van der Waals surface area contributed by atoms with Crippen molar-refractivity contribution < 1.29 is 27.5 Å². The van der Waals surface area contributed by atoms with E-state index in [2.05, 4.69) is 15.5 Å². The third-order valence-corrected chi connectivity index (χ3v) is 3.72. The van der Waals surface area contributed by atoms with E-state index in [9.17, 15) is 23.1 Å². The van der Waals surface area contributed by atoms with Crippen LogP contribution in [0.3, 0.4) is 0 Å². The molecule has 0 fully saturated rings. The molecule has 0 aliphatic heterocycles. The highest BCUT2D eigenvalue weighted by molar-refractivity contribution is 6.33. The number of aryl methyl sites for hydroxylation is 2.